The summed E-state index contributed by atoms with van der Waals surface area (Å²) in [6.45, 7) is 2.37. The lowest BCUT2D eigenvalue weighted by Gasteiger charge is -2.48. The van der Waals surface area contributed by atoms with Crippen molar-refractivity contribution in [2.75, 3.05) is 20.7 Å². The van der Waals surface area contributed by atoms with Crippen LogP contribution in [0.1, 0.15) is 26.2 Å². The number of methoxy groups -OCH3 is 1. The molecule has 0 saturated carbocycles. The number of ether oxygens (including phenoxy) is 2. The third kappa shape index (κ3) is 3.16. The predicted molar refractivity (Wildman–Crippen MR) is 94.6 cm³/mol. The summed E-state index contributed by atoms with van der Waals surface area (Å²) in [6, 6.07) is 0.476. The van der Waals surface area contributed by atoms with Crippen LogP contribution in [0.4, 0.5) is 0 Å². The fraction of sp³-hybridized carbons (Fsp3) is 0.650. The molecule has 2 aliphatic carbocycles. The van der Waals surface area contributed by atoms with Crippen LogP contribution in [0.5, 0.6) is 0 Å². The van der Waals surface area contributed by atoms with Crippen molar-refractivity contribution in [1.82, 2.24) is 4.90 Å². The molecule has 26 heavy (non-hydrogen) atoms. The van der Waals surface area contributed by atoms with Gasteiger partial charge in [-0.2, -0.15) is 4.89 Å². The maximum absolute atomic E-state index is 11.2. The second-order valence-corrected chi connectivity index (χ2v) is 7.73. The zero-order valence-electron chi connectivity index (χ0n) is 15.6. The molecule has 6 atom stereocenters. The molecular formula is C20H27NO5. The highest BCUT2D eigenvalue weighted by molar-refractivity contribution is 5.65. The minimum absolute atomic E-state index is 0.189. The van der Waals surface area contributed by atoms with Crippen molar-refractivity contribution in [3.63, 3.8) is 0 Å². The normalized spacial score (nSPS) is 38.7. The van der Waals surface area contributed by atoms with E-state index >= 15 is 0 Å². The zero-order chi connectivity index (χ0) is 18.3. The van der Waals surface area contributed by atoms with Gasteiger partial charge in [-0.05, 0) is 44.3 Å². The molecule has 0 aromatic heterocycles. The van der Waals surface area contributed by atoms with Crippen LogP contribution in [0.2, 0.25) is 0 Å². The van der Waals surface area contributed by atoms with Crippen molar-refractivity contribution < 1.29 is 24.0 Å². The van der Waals surface area contributed by atoms with Gasteiger partial charge in [0.2, 0.25) is 0 Å². The van der Waals surface area contributed by atoms with Crippen LogP contribution < -0.4 is 0 Å². The largest absolute Gasteiger partial charge is 0.493 e. The van der Waals surface area contributed by atoms with Gasteiger partial charge in [0.15, 0.2) is 11.9 Å². The average molecular weight is 361 g/mol. The number of hydrogen-bond acceptors (Lipinski definition) is 6. The Hall–Kier alpha value is -1.79. The number of fused-ring (bicyclic) bond motifs is 2. The molecule has 4 rings (SSSR count). The van der Waals surface area contributed by atoms with Crippen molar-refractivity contribution in [3.05, 3.63) is 35.8 Å². The Kier molecular flexibility index (Phi) is 4.80. The Balaban J connectivity index is 1.71. The monoisotopic (exact) mass is 361 g/mol. The fourth-order valence-electron chi connectivity index (χ4n) is 4.88. The number of piperidine rings is 1. The van der Waals surface area contributed by atoms with Gasteiger partial charge in [-0.15, -0.1) is 0 Å². The molecule has 2 saturated heterocycles. The lowest BCUT2D eigenvalue weighted by Crippen LogP contribution is -2.54. The summed E-state index contributed by atoms with van der Waals surface area (Å²) < 4.78 is 12.0. The Morgan fingerprint density at radius 1 is 1.31 bits per heavy atom. The zero-order valence-corrected chi connectivity index (χ0v) is 15.6. The van der Waals surface area contributed by atoms with Crippen LogP contribution in [0.25, 0.3) is 0 Å². The van der Waals surface area contributed by atoms with Gasteiger partial charge in [-0.3, -0.25) is 4.89 Å². The lowest BCUT2D eigenvalue weighted by atomic mass is 9.70. The number of allylic oxidation sites excluding steroid dienone is 3. The summed E-state index contributed by atoms with van der Waals surface area (Å²) >= 11 is 0. The first-order valence-electron chi connectivity index (χ1n) is 9.41. The molecule has 6 heteroatoms. The molecule has 142 valence electrons. The number of nitrogens with zero attached hydrogens (tertiary/aromatic N) is 1. The van der Waals surface area contributed by atoms with Gasteiger partial charge in [0.25, 0.3) is 0 Å². The van der Waals surface area contributed by atoms with Crippen molar-refractivity contribution >= 4 is 5.97 Å². The average Bonchev–Trinajstić information content (AvgIpc) is 2.64. The van der Waals surface area contributed by atoms with Crippen molar-refractivity contribution in [2.24, 2.45) is 17.8 Å². The molecule has 0 radical (unpaired) electrons. The van der Waals surface area contributed by atoms with Gasteiger partial charge in [0, 0.05) is 25.3 Å². The first-order valence-corrected chi connectivity index (χ1v) is 9.41. The predicted octanol–water partition coefficient (Wildman–Crippen LogP) is 2.58. The minimum atomic E-state index is -0.456. The van der Waals surface area contributed by atoms with E-state index in [2.05, 4.69) is 24.1 Å². The van der Waals surface area contributed by atoms with Crippen molar-refractivity contribution in [3.8, 4) is 0 Å². The maximum atomic E-state index is 11.2. The molecule has 1 unspecified atom stereocenters. The summed E-state index contributed by atoms with van der Waals surface area (Å²) in [7, 11) is 3.89. The van der Waals surface area contributed by atoms with Crippen LogP contribution in [-0.2, 0) is 24.0 Å². The van der Waals surface area contributed by atoms with Gasteiger partial charge in [0.05, 0.1) is 7.11 Å². The topological polar surface area (TPSA) is 57.2 Å². The van der Waals surface area contributed by atoms with E-state index in [4.69, 9.17) is 19.2 Å². The molecular weight excluding hydrogens is 334 g/mol. The standard InChI is InChI=1S/C20H27NO5/c1-12(22)25-26-18-7-5-14-15-8-9-21(2)16(14)10-13-4-6-17(23-3)19(11-13)24-20(15)18/h4-7,13-16,18,20H,8-11H2,1-3H3/t13?,14-,15+,16-,18+,20-/m1/s1. The number of likely N-dealkylation sites (tertiary alicyclic amines) is 1. The third-order valence-corrected chi connectivity index (χ3v) is 6.15. The first kappa shape index (κ1) is 17.6. The van der Waals surface area contributed by atoms with Crippen LogP contribution in [0.3, 0.4) is 0 Å². The van der Waals surface area contributed by atoms with Gasteiger partial charge >= 0.3 is 5.97 Å². The quantitative estimate of drug-likeness (QED) is 0.437. The van der Waals surface area contributed by atoms with Gasteiger partial charge < -0.3 is 14.4 Å². The first-order chi connectivity index (χ1) is 12.6. The third-order valence-electron chi connectivity index (χ3n) is 6.15. The Morgan fingerprint density at radius 2 is 2.15 bits per heavy atom. The second kappa shape index (κ2) is 7.08. The molecule has 2 fully saturated rings. The molecule has 0 spiro atoms. The summed E-state index contributed by atoms with van der Waals surface area (Å²) in [6.07, 6.45) is 10.9. The second-order valence-electron chi connectivity index (χ2n) is 7.73. The fourth-order valence-corrected chi connectivity index (χ4v) is 4.88. The lowest BCUT2D eigenvalue weighted by molar-refractivity contribution is -0.306. The van der Waals surface area contributed by atoms with Crippen molar-refractivity contribution in [2.45, 2.75) is 44.4 Å². The number of hydrogen-bond donors (Lipinski definition) is 0. The Labute approximate surface area is 154 Å². The molecule has 6 nitrogen and oxygen atoms in total. The van der Waals surface area contributed by atoms with E-state index in [1.165, 1.54) is 6.92 Å². The van der Waals surface area contributed by atoms with Crippen LogP contribution in [-0.4, -0.2) is 49.8 Å². The molecule has 0 amide bonds. The summed E-state index contributed by atoms with van der Waals surface area (Å²) in [5, 5.41) is 0. The Morgan fingerprint density at radius 3 is 2.92 bits per heavy atom. The highest BCUT2D eigenvalue weighted by Gasteiger charge is 2.48. The van der Waals surface area contributed by atoms with Gasteiger partial charge in [-0.25, -0.2) is 4.79 Å². The van der Waals surface area contributed by atoms with Crippen LogP contribution in [0.15, 0.2) is 35.8 Å². The van der Waals surface area contributed by atoms with Crippen LogP contribution in [0, 0.1) is 17.8 Å². The summed E-state index contributed by atoms with van der Waals surface area (Å²) in [5.41, 5.74) is 0. The highest BCUT2D eigenvalue weighted by Crippen LogP contribution is 2.45. The molecule has 2 heterocycles. The highest BCUT2D eigenvalue weighted by atomic mass is 17.2. The number of carbonyl (C=O) groups is 1. The van der Waals surface area contributed by atoms with E-state index in [-0.39, 0.29) is 6.10 Å². The molecule has 2 aliphatic heterocycles. The van der Waals surface area contributed by atoms with E-state index in [0.29, 0.717) is 23.8 Å². The van der Waals surface area contributed by atoms with E-state index in [1.807, 2.05) is 12.2 Å². The number of rotatable bonds is 3. The van der Waals surface area contributed by atoms with Gasteiger partial charge in [0.1, 0.15) is 11.9 Å². The molecule has 0 aromatic carbocycles. The molecule has 6 bridgehead atoms. The van der Waals surface area contributed by atoms with Gasteiger partial charge in [-0.1, -0.05) is 18.2 Å². The maximum Gasteiger partial charge on any atom is 0.339 e. The van der Waals surface area contributed by atoms with Crippen molar-refractivity contribution in [1.29, 1.82) is 0 Å². The number of carbonyl (C=O) groups excluding carboxylic acids is 1. The van der Waals surface area contributed by atoms with Crippen LogP contribution >= 0.6 is 0 Å². The smallest absolute Gasteiger partial charge is 0.339 e. The molecule has 0 aromatic rings. The molecule has 4 aliphatic rings. The minimum Gasteiger partial charge on any atom is -0.493 e. The van der Waals surface area contributed by atoms with E-state index in [1.54, 1.807) is 7.11 Å². The SMILES string of the molecule is COC1=C2CC(C=C1)C[C@@H]1[C@@H]3C=C[C@H](OOC(C)=O)[C@H](O2)[C@H]3CCN1C. The van der Waals surface area contributed by atoms with E-state index in [0.717, 1.165) is 37.3 Å². The summed E-state index contributed by atoms with van der Waals surface area (Å²) in [4.78, 5) is 24.0. The van der Waals surface area contributed by atoms with E-state index in [9.17, 15) is 4.79 Å². The molecule has 0 N–H and O–H groups in total. The van der Waals surface area contributed by atoms with E-state index < -0.39 is 12.1 Å². The summed E-state index contributed by atoms with van der Waals surface area (Å²) in [5.74, 6) is 2.38. The Bertz CT molecular complexity index is 655.